The van der Waals surface area contributed by atoms with Gasteiger partial charge in [-0.05, 0) is 150 Å². The number of anilines is 6. The molecule has 0 N–H and O–H groups in total. The molecular weight excluding hydrogens is 773 g/mol. The second-order valence-electron chi connectivity index (χ2n) is 18.8. The third-order valence-corrected chi connectivity index (χ3v) is 17.8. The zero-order valence-electron chi connectivity index (χ0n) is 34.2. The van der Waals surface area contributed by atoms with Crippen molar-refractivity contribution in [2.45, 2.75) is 31.1 Å². The summed E-state index contributed by atoms with van der Waals surface area (Å²) < 4.78 is 10.2. The summed E-state index contributed by atoms with van der Waals surface area (Å²) in [6.07, 6.45) is 5.45. The van der Waals surface area contributed by atoms with E-state index in [2.05, 4.69) is 192 Å². The summed E-state index contributed by atoms with van der Waals surface area (Å²) in [6, 6.07) is 67.2. The Labute approximate surface area is 364 Å². The maximum Gasteiger partial charge on any atom is 0.140 e. The van der Waals surface area contributed by atoms with Crippen LogP contribution in [0.3, 0.4) is 0 Å². The van der Waals surface area contributed by atoms with Crippen LogP contribution in [-0.2, 0) is 5.41 Å². The number of furan rings is 1. The zero-order valence-corrected chi connectivity index (χ0v) is 35.0. The van der Waals surface area contributed by atoms with E-state index in [1.165, 1.54) is 90.4 Å². The number of rotatable bonds is 6. The van der Waals surface area contributed by atoms with Gasteiger partial charge < -0.3 is 14.2 Å². The smallest absolute Gasteiger partial charge is 0.140 e. The van der Waals surface area contributed by atoms with Crippen LogP contribution in [-0.4, -0.2) is 0 Å². The highest BCUT2D eigenvalue weighted by molar-refractivity contribution is 7.26. The fourth-order valence-electron chi connectivity index (χ4n) is 14.4. The Morgan fingerprint density at radius 3 is 1.77 bits per heavy atom. The molecule has 4 heteroatoms. The molecule has 0 aliphatic heterocycles. The minimum Gasteiger partial charge on any atom is -0.456 e. The number of benzene rings is 8. The molecule has 2 heterocycles. The van der Waals surface area contributed by atoms with Gasteiger partial charge in [-0.3, -0.25) is 0 Å². The first kappa shape index (κ1) is 34.0. The fourth-order valence-corrected chi connectivity index (χ4v) is 15.6. The number of hydrogen-bond acceptors (Lipinski definition) is 4. The van der Waals surface area contributed by atoms with Gasteiger partial charge in [0.2, 0.25) is 0 Å². The van der Waals surface area contributed by atoms with Gasteiger partial charge in [0.15, 0.2) is 0 Å². The summed E-state index contributed by atoms with van der Waals surface area (Å²) in [5, 5.41) is 5.21. The molecule has 8 aromatic carbocycles. The molecule has 15 rings (SSSR count). The van der Waals surface area contributed by atoms with E-state index in [1.54, 1.807) is 5.56 Å². The number of fused-ring (bicyclic) bond motifs is 16. The van der Waals surface area contributed by atoms with E-state index in [9.17, 15) is 0 Å². The van der Waals surface area contributed by atoms with Gasteiger partial charge in [0.25, 0.3) is 0 Å². The van der Waals surface area contributed by atoms with Gasteiger partial charge in [-0.1, -0.05) is 97.1 Å². The lowest BCUT2D eigenvalue weighted by Gasteiger charge is -2.70. The van der Waals surface area contributed by atoms with Crippen LogP contribution in [0.25, 0.3) is 53.2 Å². The second kappa shape index (κ2) is 12.1. The van der Waals surface area contributed by atoms with Crippen LogP contribution in [0, 0.1) is 29.1 Å². The van der Waals surface area contributed by atoms with Gasteiger partial charge in [0.05, 0.1) is 10.4 Å². The number of nitrogens with zero attached hydrogens (tertiary/aromatic N) is 2. The predicted molar refractivity (Wildman–Crippen MR) is 257 cm³/mol. The van der Waals surface area contributed by atoms with Crippen molar-refractivity contribution >= 4 is 87.6 Å². The molecule has 2 aromatic heterocycles. The molecular formula is C58H42N2OS. The van der Waals surface area contributed by atoms with E-state index in [1.807, 2.05) is 11.3 Å². The third kappa shape index (κ3) is 4.08. The topological polar surface area (TPSA) is 19.6 Å². The van der Waals surface area contributed by atoms with E-state index in [-0.39, 0.29) is 5.41 Å². The average molecular weight is 815 g/mol. The highest BCUT2D eigenvalue weighted by Gasteiger charge is 2.82. The first-order chi connectivity index (χ1) is 30.7. The lowest BCUT2D eigenvalue weighted by molar-refractivity contribution is -0.193. The molecule has 6 atom stereocenters. The average Bonchev–Trinajstić information content (AvgIpc) is 4.11. The molecule has 10 aromatic rings. The van der Waals surface area contributed by atoms with Crippen LogP contribution < -0.4 is 9.80 Å². The monoisotopic (exact) mass is 814 g/mol. The molecule has 0 amide bonds. The minimum absolute atomic E-state index is 0.112. The van der Waals surface area contributed by atoms with Crippen LogP contribution in [0.4, 0.5) is 34.1 Å². The van der Waals surface area contributed by atoms with Gasteiger partial charge >= 0.3 is 0 Å². The highest BCUT2D eigenvalue weighted by atomic mass is 32.1. The van der Waals surface area contributed by atoms with Crippen molar-refractivity contribution < 1.29 is 4.42 Å². The van der Waals surface area contributed by atoms with Crippen molar-refractivity contribution in [1.29, 1.82) is 0 Å². The van der Waals surface area contributed by atoms with E-state index < -0.39 is 0 Å². The Hall–Kier alpha value is -6.62. The molecule has 5 aliphatic carbocycles. The molecule has 4 fully saturated rings. The Kier molecular flexibility index (Phi) is 6.61. The lowest BCUT2D eigenvalue weighted by Crippen LogP contribution is -2.65. The molecule has 6 unspecified atom stereocenters. The predicted octanol–water partition coefficient (Wildman–Crippen LogP) is 16.2. The summed E-state index contributed by atoms with van der Waals surface area (Å²) >= 11 is 1.95. The van der Waals surface area contributed by atoms with E-state index in [0.29, 0.717) is 17.3 Å². The Bertz CT molecular complexity index is 3390. The second-order valence-corrected chi connectivity index (χ2v) is 19.9. The number of hydrogen-bond donors (Lipinski definition) is 0. The Balaban J connectivity index is 1.03. The fraction of sp³-hybridized carbons (Fsp3) is 0.172. The van der Waals surface area contributed by atoms with E-state index >= 15 is 0 Å². The van der Waals surface area contributed by atoms with Gasteiger partial charge in [-0.15, -0.1) is 11.3 Å². The maximum absolute atomic E-state index is 7.49. The van der Waals surface area contributed by atoms with Gasteiger partial charge in [-0.2, -0.15) is 0 Å². The van der Waals surface area contributed by atoms with E-state index in [0.717, 1.165) is 40.1 Å². The van der Waals surface area contributed by atoms with Crippen LogP contribution in [0.1, 0.15) is 36.8 Å². The summed E-state index contributed by atoms with van der Waals surface area (Å²) in [5.41, 5.74) is 15.3. The molecule has 62 heavy (non-hydrogen) atoms. The van der Waals surface area contributed by atoms with Crippen LogP contribution >= 0.6 is 11.3 Å². The molecule has 296 valence electrons. The van der Waals surface area contributed by atoms with Crippen LogP contribution in [0.15, 0.2) is 186 Å². The van der Waals surface area contributed by atoms with Crippen LogP contribution in [0.2, 0.25) is 0 Å². The quantitative estimate of drug-likeness (QED) is 0.167. The molecule has 3 nitrogen and oxygen atoms in total. The summed E-state index contributed by atoms with van der Waals surface area (Å²) in [5.74, 6) is 2.96. The molecule has 0 radical (unpaired) electrons. The molecule has 2 bridgehead atoms. The lowest BCUT2D eigenvalue weighted by atomic mass is 9.34. The summed E-state index contributed by atoms with van der Waals surface area (Å²) in [7, 11) is 0. The van der Waals surface area contributed by atoms with Crippen molar-refractivity contribution in [1.82, 2.24) is 0 Å². The largest absolute Gasteiger partial charge is 0.456 e. The Morgan fingerprint density at radius 1 is 0.516 bits per heavy atom. The molecule has 0 saturated heterocycles. The van der Waals surface area contributed by atoms with Gasteiger partial charge in [0.1, 0.15) is 11.2 Å². The van der Waals surface area contributed by atoms with Crippen molar-refractivity contribution in [3.8, 4) is 11.1 Å². The first-order valence-electron chi connectivity index (χ1n) is 22.5. The van der Waals surface area contributed by atoms with Gasteiger partial charge in [0, 0.05) is 71.7 Å². The molecule has 4 saturated carbocycles. The van der Waals surface area contributed by atoms with Crippen LogP contribution in [0.5, 0.6) is 0 Å². The van der Waals surface area contributed by atoms with Crippen molar-refractivity contribution in [2.24, 2.45) is 29.1 Å². The van der Waals surface area contributed by atoms with Crippen molar-refractivity contribution in [3.63, 3.8) is 0 Å². The standard InChI is InChI=1S/C58H42N2OS/c1-5-15-38(16-6-1)59(39-17-7-2-8-18-39)42-25-26-43-44-27-28-46-52-47(58(54(46)55(44)61-49(43)32-42)37-30-35-29-36-31-51(58)57(35,36)34-37)33-48(56-53(52)45-23-13-14-24-50(45)62-56)60(40-19-9-3-10-20-40)41-21-11-4-12-22-41/h1-28,32-33,35-37,51H,29-31,34H2. The number of thiophene rings is 1. The number of para-hydroxylation sites is 4. The normalized spacial score (nSPS) is 24.6. The third-order valence-electron chi connectivity index (χ3n) is 16.6. The summed E-state index contributed by atoms with van der Waals surface area (Å²) in [6.45, 7) is 0. The molecule has 5 aliphatic rings. The van der Waals surface area contributed by atoms with Crippen molar-refractivity contribution in [3.05, 3.63) is 193 Å². The Morgan fingerprint density at radius 2 is 1.11 bits per heavy atom. The van der Waals surface area contributed by atoms with Gasteiger partial charge in [-0.25, -0.2) is 0 Å². The SMILES string of the molecule is c1ccc(N(c2ccccc2)c2ccc3c(c2)oc2c4c(ccc23)-c2c(cc(N(c3ccccc3)c3ccccc3)c3sc5ccccc5c23)C42C3CC4CC5CC2C45C3)cc1. The van der Waals surface area contributed by atoms with Crippen molar-refractivity contribution in [2.75, 3.05) is 9.80 Å². The zero-order chi connectivity index (χ0) is 40.3. The maximum atomic E-state index is 7.49. The first-order valence-corrected chi connectivity index (χ1v) is 23.3. The molecule has 2 spiro atoms. The van der Waals surface area contributed by atoms with E-state index in [4.69, 9.17) is 4.42 Å². The minimum atomic E-state index is -0.112. The highest BCUT2D eigenvalue weighted by Crippen LogP contribution is 2.88. The summed E-state index contributed by atoms with van der Waals surface area (Å²) in [4.78, 5) is 4.89.